The quantitative estimate of drug-likeness (QED) is 0.530. The lowest BCUT2D eigenvalue weighted by atomic mass is 10.2. The molecule has 0 spiro atoms. The second kappa shape index (κ2) is 6.78. The van der Waals surface area contributed by atoms with Gasteiger partial charge < -0.3 is 5.32 Å². The van der Waals surface area contributed by atoms with Crippen LogP contribution in [0.25, 0.3) is 16.0 Å². The van der Waals surface area contributed by atoms with Crippen LogP contribution < -0.4 is 10.9 Å². The number of carbonyl (C=O) groups is 1. The molecule has 0 aliphatic rings. The number of thiophene rings is 1. The lowest BCUT2D eigenvalue weighted by Crippen LogP contribution is -2.19. The van der Waals surface area contributed by atoms with Crippen molar-refractivity contribution >= 4 is 50.7 Å². The number of anilines is 1. The van der Waals surface area contributed by atoms with Gasteiger partial charge in [0.15, 0.2) is 5.16 Å². The van der Waals surface area contributed by atoms with Crippen LogP contribution in [0.2, 0.25) is 0 Å². The Balaban J connectivity index is 1.58. The second-order valence-electron chi connectivity index (χ2n) is 5.92. The number of rotatable bonds is 4. The van der Waals surface area contributed by atoms with Crippen molar-refractivity contribution in [1.29, 1.82) is 0 Å². The minimum absolute atomic E-state index is 0.0742. The molecule has 10 heteroatoms. The number of aromatic nitrogens is 4. The zero-order valence-corrected chi connectivity index (χ0v) is 16.0. The van der Waals surface area contributed by atoms with E-state index in [0.29, 0.717) is 32.4 Å². The summed E-state index contributed by atoms with van der Waals surface area (Å²) in [4.78, 5) is 24.5. The van der Waals surface area contributed by atoms with Crippen molar-refractivity contribution in [3.63, 3.8) is 0 Å². The fourth-order valence-corrected chi connectivity index (χ4v) is 4.25. The molecule has 1 aromatic carbocycles. The van der Waals surface area contributed by atoms with Crippen LogP contribution in [0.1, 0.15) is 5.56 Å². The fourth-order valence-electron chi connectivity index (χ4n) is 2.66. The van der Waals surface area contributed by atoms with Gasteiger partial charge in [0.1, 0.15) is 10.5 Å². The highest BCUT2D eigenvalue weighted by atomic mass is 32.2. The Morgan fingerprint density at radius 3 is 2.93 bits per heavy atom. The maximum absolute atomic E-state index is 13.6. The van der Waals surface area contributed by atoms with Crippen molar-refractivity contribution in [2.45, 2.75) is 12.1 Å². The van der Waals surface area contributed by atoms with E-state index in [2.05, 4.69) is 15.5 Å². The van der Waals surface area contributed by atoms with Gasteiger partial charge in [-0.2, -0.15) is 0 Å². The summed E-state index contributed by atoms with van der Waals surface area (Å²) in [5.74, 6) is -0.171. The Morgan fingerprint density at radius 1 is 1.33 bits per heavy atom. The zero-order chi connectivity index (χ0) is 19.1. The minimum Gasteiger partial charge on any atom is -0.325 e. The Morgan fingerprint density at radius 2 is 2.15 bits per heavy atom. The zero-order valence-electron chi connectivity index (χ0n) is 14.4. The molecule has 0 fully saturated rings. The van der Waals surface area contributed by atoms with Crippen LogP contribution in [-0.4, -0.2) is 30.8 Å². The molecule has 0 saturated heterocycles. The average Bonchev–Trinajstić information content (AvgIpc) is 3.27. The Kier molecular flexibility index (Phi) is 4.44. The number of thioether (sulfide) groups is 1. The van der Waals surface area contributed by atoms with Crippen molar-refractivity contribution in [3.05, 3.63) is 51.4 Å². The van der Waals surface area contributed by atoms with Gasteiger partial charge in [-0.25, -0.2) is 4.39 Å². The SMILES string of the molecule is Cc1ccc(NC(=O)CSc2nnc3n(C)c(=O)c4sccc4n23)cc1F. The van der Waals surface area contributed by atoms with Gasteiger partial charge in [0.25, 0.3) is 5.56 Å². The number of carbonyl (C=O) groups excluding carboxylic acids is 1. The Labute approximate surface area is 160 Å². The Hall–Kier alpha value is -2.72. The van der Waals surface area contributed by atoms with Crippen molar-refractivity contribution < 1.29 is 9.18 Å². The van der Waals surface area contributed by atoms with Crippen LogP contribution >= 0.6 is 23.1 Å². The number of aryl methyl sites for hydroxylation is 2. The molecule has 1 amide bonds. The van der Waals surface area contributed by atoms with E-state index in [-0.39, 0.29) is 23.0 Å². The summed E-state index contributed by atoms with van der Waals surface area (Å²) in [6, 6.07) is 6.38. The number of hydrogen-bond donors (Lipinski definition) is 1. The molecule has 0 aliphatic heterocycles. The van der Waals surface area contributed by atoms with Crippen LogP contribution in [0.3, 0.4) is 0 Å². The van der Waals surface area contributed by atoms with Gasteiger partial charge >= 0.3 is 0 Å². The maximum atomic E-state index is 13.6. The first-order valence-corrected chi connectivity index (χ1v) is 9.82. The van der Waals surface area contributed by atoms with Crippen LogP contribution in [0, 0.1) is 12.7 Å². The molecule has 0 bridgehead atoms. The van der Waals surface area contributed by atoms with Crippen LogP contribution in [0.4, 0.5) is 10.1 Å². The van der Waals surface area contributed by atoms with E-state index in [4.69, 9.17) is 0 Å². The average molecular weight is 403 g/mol. The molecule has 3 aromatic heterocycles. The summed E-state index contributed by atoms with van der Waals surface area (Å²) in [6.07, 6.45) is 0. The molecule has 0 radical (unpaired) electrons. The molecular formula is C17H14FN5O2S2. The van der Waals surface area contributed by atoms with Crippen molar-refractivity contribution in [2.75, 3.05) is 11.1 Å². The van der Waals surface area contributed by atoms with Crippen LogP contribution in [0.5, 0.6) is 0 Å². The number of amides is 1. The number of fused-ring (bicyclic) bond motifs is 3. The van der Waals surface area contributed by atoms with E-state index in [0.717, 1.165) is 0 Å². The molecule has 1 N–H and O–H groups in total. The van der Waals surface area contributed by atoms with Gasteiger partial charge in [0, 0.05) is 12.7 Å². The van der Waals surface area contributed by atoms with Gasteiger partial charge in [0.2, 0.25) is 11.7 Å². The highest BCUT2D eigenvalue weighted by molar-refractivity contribution is 7.99. The van der Waals surface area contributed by atoms with Crippen LogP contribution in [0.15, 0.2) is 39.6 Å². The normalized spacial score (nSPS) is 11.4. The molecule has 0 unspecified atom stereocenters. The molecule has 0 saturated carbocycles. The second-order valence-corrected chi connectivity index (χ2v) is 7.78. The number of nitrogens with one attached hydrogen (secondary N) is 1. The third-order valence-corrected chi connectivity index (χ3v) is 5.91. The van der Waals surface area contributed by atoms with Crippen molar-refractivity contribution in [1.82, 2.24) is 19.2 Å². The van der Waals surface area contributed by atoms with Gasteiger partial charge in [0.05, 0.1) is 11.3 Å². The highest BCUT2D eigenvalue weighted by Crippen LogP contribution is 2.24. The summed E-state index contributed by atoms with van der Waals surface area (Å²) in [6.45, 7) is 1.66. The monoisotopic (exact) mass is 403 g/mol. The van der Waals surface area contributed by atoms with Gasteiger partial charge in [-0.15, -0.1) is 21.5 Å². The van der Waals surface area contributed by atoms with Gasteiger partial charge in [-0.1, -0.05) is 17.8 Å². The summed E-state index contributed by atoms with van der Waals surface area (Å²) in [7, 11) is 1.64. The summed E-state index contributed by atoms with van der Waals surface area (Å²) in [5.41, 5.74) is 1.50. The first kappa shape index (κ1) is 17.7. The first-order valence-electron chi connectivity index (χ1n) is 7.96. The number of halogens is 1. The van der Waals surface area contributed by atoms with E-state index in [1.165, 1.54) is 33.7 Å². The maximum Gasteiger partial charge on any atom is 0.272 e. The Bertz CT molecular complexity index is 1240. The molecule has 0 atom stereocenters. The van der Waals surface area contributed by atoms with Crippen LogP contribution in [-0.2, 0) is 11.8 Å². The van der Waals surface area contributed by atoms with E-state index < -0.39 is 0 Å². The van der Waals surface area contributed by atoms with Crippen molar-refractivity contribution in [2.24, 2.45) is 7.05 Å². The van der Waals surface area contributed by atoms with E-state index in [1.807, 2.05) is 11.4 Å². The predicted octanol–water partition coefficient (Wildman–Crippen LogP) is 2.82. The standard InChI is InChI=1S/C17H14FN5O2S2/c1-9-3-4-10(7-11(9)18)19-13(24)8-27-17-21-20-16-22(2)15(25)14-12(23(16)17)5-6-26-14/h3-7H,8H2,1-2H3,(H,19,24). The molecule has 3 heterocycles. The first-order chi connectivity index (χ1) is 13.0. The molecule has 27 heavy (non-hydrogen) atoms. The topological polar surface area (TPSA) is 81.3 Å². The highest BCUT2D eigenvalue weighted by Gasteiger charge is 2.17. The summed E-state index contributed by atoms with van der Waals surface area (Å²) < 4.78 is 17.4. The predicted molar refractivity (Wildman–Crippen MR) is 104 cm³/mol. The molecule has 4 aromatic rings. The number of benzene rings is 1. The molecular weight excluding hydrogens is 389 g/mol. The largest absolute Gasteiger partial charge is 0.325 e. The molecule has 138 valence electrons. The van der Waals surface area contributed by atoms with E-state index >= 15 is 0 Å². The van der Waals surface area contributed by atoms with Crippen molar-refractivity contribution in [3.8, 4) is 0 Å². The summed E-state index contributed by atoms with van der Waals surface area (Å²) in [5, 5.41) is 13.2. The third kappa shape index (κ3) is 3.10. The van der Waals surface area contributed by atoms with Gasteiger partial charge in [-0.3, -0.25) is 18.6 Å². The number of nitrogens with zero attached hydrogens (tertiary/aromatic N) is 4. The molecule has 4 rings (SSSR count). The van der Waals surface area contributed by atoms with E-state index in [9.17, 15) is 14.0 Å². The lowest BCUT2D eigenvalue weighted by molar-refractivity contribution is -0.113. The van der Waals surface area contributed by atoms with Gasteiger partial charge in [-0.05, 0) is 36.1 Å². The third-order valence-electron chi connectivity index (χ3n) is 4.09. The molecule has 7 nitrogen and oxygen atoms in total. The minimum atomic E-state index is -0.371. The lowest BCUT2D eigenvalue weighted by Gasteiger charge is -2.07. The fraction of sp³-hybridized carbons (Fsp3) is 0.176. The number of hydrogen-bond acceptors (Lipinski definition) is 6. The summed E-state index contributed by atoms with van der Waals surface area (Å²) >= 11 is 2.55. The molecule has 0 aliphatic carbocycles. The van der Waals surface area contributed by atoms with E-state index in [1.54, 1.807) is 30.5 Å². The smallest absolute Gasteiger partial charge is 0.272 e.